The maximum Gasteiger partial charge on any atom is 0.118 e. The summed E-state index contributed by atoms with van der Waals surface area (Å²) in [6.07, 6.45) is 3.92. The summed E-state index contributed by atoms with van der Waals surface area (Å²) in [4.78, 5) is 0. The number of hydrogen-bond acceptors (Lipinski definition) is 2. The number of hydrogen-bond donors (Lipinski definition) is 0. The molecular formula is C16H32O2. The molecule has 0 fully saturated rings. The van der Waals surface area contributed by atoms with Gasteiger partial charge in [-0.1, -0.05) is 55.4 Å². The van der Waals surface area contributed by atoms with Gasteiger partial charge in [0.1, 0.15) is 24.7 Å². The standard InChI is InChI=1S/C16H32O2/c1-11(2)15(12(3)4)17-9-10-18-16(13(5)6)14(7)8/h9-16H,1-8H3/b10-9+. The van der Waals surface area contributed by atoms with Crippen LogP contribution in [0.5, 0.6) is 0 Å². The molecule has 0 aromatic carbocycles. The maximum atomic E-state index is 5.77. The van der Waals surface area contributed by atoms with E-state index >= 15 is 0 Å². The quantitative estimate of drug-likeness (QED) is 0.578. The van der Waals surface area contributed by atoms with Crippen molar-refractivity contribution in [1.82, 2.24) is 0 Å². The molecule has 0 aliphatic carbocycles. The summed E-state index contributed by atoms with van der Waals surface area (Å²) >= 11 is 0. The second-order valence-corrected chi connectivity index (χ2v) is 6.45. The molecule has 0 aromatic heterocycles. The van der Waals surface area contributed by atoms with Gasteiger partial charge in [0.05, 0.1) is 0 Å². The Morgan fingerprint density at radius 2 is 0.722 bits per heavy atom. The van der Waals surface area contributed by atoms with Gasteiger partial charge in [0.15, 0.2) is 0 Å². The van der Waals surface area contributed by atoms with E-state index in [4.69, 9.17) is 9.47 Å². The molecular weight excluding hydrogens is 224 g/mol. The highest BCUT2D eigenvalue weighted by atomic mass is 16.5. The van der Waals surface area contributed by atoms with Crippen LogP contribution in [0.15, 0.2) is 12.5 Å². The molecule has 18 heavy (non-hydrogen) atoms. The summed E-state index contributed by atoms with van der Waals surface area (Å²) in [5, 5.41) is 0. The molecule has 0 N–H and O–H groups in total. The van der Waals surface area contributed by atoms with E-state index in [9.17, 15) is 0 Å². The van der Waals surface area contributed by atoms with Crippen LogP contribution in [0.1, 0.15) is 55.4 Å². The van der Waals surface area contributed by atoms with Crippen LogP contribution >= 0.6 is 0 Å². The molecule has 0 rings (SSSR count). The van der Waals surface area contributed by atoms with Crippen molar-refractivity contribution in [2.45, 2.75) is 67.6 Å². The highest BCUT2D eigenvalue weighted by Gasteiger charge is 2.19. The van der Waals surface area contributed by atoms with E-state index in [0.29, 0.717) is 23.7 Å². The predicted octanol–water partition coefficient (Wildman–Crippen LogP) is 4.85. The lowest BCUT2D eigenvalue weighted by Gasteiger charge is -2.25. The Balaban J connectivity index is 4.23. The zero-order chi connectivity index (χ0) is 14.3. The second kappa shape index (κ2) is 8.44. The summed E-state index contributed by atoms with van der Waals surface area (Å²) in [6, 6.07) is 0. The molecule has 0 aliphatic heterocycles. The molecule has 2 nitrogen and oxygen atoms in total. The van der Waals surface area contributed by atoms with Crippen LogP contribution in [0.4, 0.5) is 0 Å². The van der Waals surface area contributed by atoms with Gasteiger partial charge < -0.3 is 9.47 Å². The van der Waals surface area contributed by atoms with Crippen LogP contribution in [0.3, 0.4) is 0 Å². The molecule has 0 heterocycles. The van der Waals surface area contributed by atoms with Crippen LogP contribution in [-0.2, 0) is 9.47 Å². The lowest BCUT2D eigenvalue weighted by atomic mass is 9.96. The van der Waals surface area contributed by atoms with E-state index in [1.807, 2.05) is 0 Å². The zero-order valence-electron chi connectivity index (χ0n) is 13.4. The molecule has 0 amide bonds. The minimum Gasteiger partial charge on any atom is -0.494 e. The summed E-state index contributed by atoms with van der Waals surface area (Å²) in [7, 11) is 0. The monoisotopic (exact) mass is 256 g/mol. The lowest BCUT2D eigenvalue weighted by Crippen LogP contribution is -2.25. The first kappa shape index (κ1) is 17.3. The van der Waals surface area contributed by atoms with Crippen LogP contribution in [0.2, 0.25) is 0 Å². The molecule has 2 heteroatoms. The molecule has 108 valence electrons. The fourth-order valence-corrected chi connectivity index (χ4v) is 2.41. The average molecular weight is 256 g/mol. The van der Waals surface area contributed by atoms with Crippen molar-refractivity contribution in [2.75, 3.05) is 0 Å². The van der Waals surface area contributed by atoms with Gasteiger partial charge in [-0.2, -0.15) is 0 Å². The molecule has 0 radical (unpaired) electrons. The third kappa shape index (κ3) is 6.32. The smallest absolute Gasteiger partial charge is 0.118 e. The van der Waals surface area contributed by atoms with Gasteiger partial charge in [0.25, 0.3) is 0 Å². The number of ether oxygens (including phenoxy) is 2. The van der Waals surface area contributed by atoms with Crippen LogP contribution in [-0.4, -0.2) is 12.2 Å². The minimum atomic E-state index is 0.251. The van der Waals surface area contributed by atoms with Gasteiger partial charge in [0, 0.05) is 0 Å². The zero-order valence-corrected chi connectivity index (χ0v) is 13.4. The lowest BCUT2D eigenvalue weighted by molar-refractivity contribution is 0.0325. The Bertz CT molecular complexity index is 189. The van der Waals surface area contributed by atoms with Gasteiger partial charge in [-0.15, -0.1) is 0 Å². The molecule has 0 bridgehead atoms. The largest absolute Gasteiger partial charge is 0.494 e. The third-order valence-electron chi connectivity index (χ3n) is 3.16. The Labute approximate surface area is 114 Å². The van der Waals surface area contributed by atoms with Crippen molar-refractivity contribution >= 4 is 0 Å². The maximum absolute atomic E-state index is 5.77. The van der Waals surface area contributed by atoms with E-state index in [1.54, 1.807) is 12.5 Å². The first-order valence-corrected chi connectivity index (χ1v) is 7.23. The van der Waals surface area contributed by atoms with E-state index in [0.717, 1.165) is 0 Å². The Morgan fingerprint density at radius 3 is 0.889 bits per heavy atom. The van der Waals surface area contributed by atoms with E-state index in [-0.39, 0.29) is 12.2 Å². The Kier molecular flexibility index (Phi) is 8.13. The van der Waals surface area contributed by atoms with E-state index in [1.165, 1.54) is 0 Å². The van der Waals surface area contributed by atoms with Crippen LogP contribution < -0.4 is 0 Å². The Morgan fingerprint density at radius 1 is 0.500 bits per heavy atom. The third-order valence-corrected chi connectivity index (χ3v) is 3.16. The van der Waals surface area contributed by atoms with Gasteiger partial charge in [-0.05, 0) is 23.7 Å². The summed E-state index contributed by atoms with van der Waals surface area (Å²) in [6.45, 7) is 17.5. The molecule has 0 aliphatic rings. The van der Waals surface area contributed by atoms with Crippen LogP contribution in [0, 0.1) is 23.7 Å². The Hall–Kier alpha value is -0.660. The van der Waals surface area contributed by atoms with Gasteiger partial charge in [0.2, 0.25) is 0 Å². The van der Waals surface area contributed by atoms with Crippen molar-refractivity contribution in [3.8, 4) is 0 Å². The SMILES string of the molecule is CC(C)C(O/C=C/OC(C(C)C)C(C)C)C(C)C. The van der Waals surface area contributed by atoms with Crippen LogP contribution in [0.25, 0.3) is 0 Å². The van der Waals surface area contributed by atoms with E-state index < -0.39 is 0 Å². The fourth-order valence-electron chi connectivity index (χ4n) is 2.41. The topological polar surface area (TPSA) is 18.5 Å². The summed E-state index contributed by atoms with van der Waals surface area (Å²) in [5.74, 6) is 2.06. The number of rotatable bonds is 8. The second-order valence-electron chi connectivity index (χ2n) is 6.45. The van der Waals surface area contributed by atoms with Crippen molar-refractivity contribution in [2.24, 2.45) is 23.7 Å². The molecule has 0 atom stereocenters. The molecule has 0 saturated carbocycles. The van der Waals surface area contributed by atoms with Gasteiger partial charge >= 0.3 is 0 Å². The first-order valence-electron chi connectivity index (χ1n) is 7.23. The molecule has 0 unspecified atom stereocenters. The normalized spacial score (nSPS) is 13.0. The molecule has 0 saturated heterocycles. The average Bonchev–Trinajstić information content (AvgIpc) is 2.20. The summed E-state index contributed by atoms with van der Waals surface area (Å²) in [5.41, 5.74) is 0. The minimum absolute atomic E-state index is 0.251. The van der Waals surface area contributed by atoms with Crippen molar-refractivity contribution < 1.29 is 9.47 Å². The molecule has 0 spiro atoms. The highest BCUT2D eigenvalue weighted by Crippen LogP contribution is 2.18. The van der Waals surface area contributed by atoms with E-state index in [2.05, 4.69) is 55.4 Å². The predicted molar refractivity (Wildman–Crippen MR) is 78.2 cm³/mol. The highest BCUT2D eigenvalue weighted by molar-refractivity contribution is 4.75. The summed E-state index contributed by atoms with van der Waals surface area (Å²) < 4.78 is 11.5. The molecule has 0 aromatic rings. The van der Waals surface area contributed by atoms with Gasteiger partial charge in [-0.3, -0.25) is 0 Å². The van der Waals surface area contributed by atoms with Crippen molar-refractivity contribution in [3.05, 3.63) is 12.5 Å². The fraction of sp³-hybridized carbons (Fsp3) is 0.875. The first-order chi connectivity index (χ1) is 8.27. The van der Waals surface area contributed by atoms with Crippen molar-refractivity contribution in [3.63, 3.8) is 0 Å². The van der Waals surface area contributed by atoms with Crippen molar-refractivity contribution in [1.29, 1.82) is 0 Å². The van der Waals surface area contributed by atoms with Gasteiger partial charge in [-0.25, -0.2) is 0 Å².